The van der Waals surface area contributed by atoms with Gasteiger partial charge in [-0.05, 0) is 43.9 Å². The average Bonchev–Trinajstić information content (AvgIpc) is 2.55. The highest BCUT2D eigenvalue weighted by molar-refractivity contribution is 9.10. The molecule has 0 atom stereocenters. The van der Waals surface area contributed by atoms with Crippen LogP contribution in [0.4, 0.5) is 0 Å². The molecule has 1 heterocycles. The summed E-state index contributed by atoms with van der Waals surface area (Å²) in [4.78, 5) is 12.4. The molecule has 4 heteroatoms. The van der Waals surface area contributed by atoms with Crippen molar-refractivity contribution >= 4 is 15.9 Å². The minimum Gasteiger partial charge on any atom is -0.295 e. The highest BCUT2D eigenvalue weighted by Crippen LogP contribution is 2.19. The number of hydrogen-bond donors (Lipinski definition) is 1. The van der Waals surface area contributed by atoms with E-state index in [1.165, 1.54) is 12.8 Å². The summed E-state index contributed by atoms with van der Waals surface area (Å²) in [5.41, 5.74) is 3.11. The van der Waals surface area contributed by atoms with Crippen LogP contribution >= 0.6 is 15.9 Å². The summed E-state index contributed by atoms with van der Waals surface area (Å²) in [5, 5.41) is 3.27. The monoisotopic (exact) mass is 306 g/mol. The van der Waals surface area contributed by atoms with Gasteiger partial charge in [-0.2, -0.15) is 0 Å². The van der Waals surface area contributed by atoms with Crippen molar-refractivity contribution in [2.24, 2.45) is 0 Å². The number of aromatic amines is 1. The van der Waals surface area contributed by atoms with Gasteiger partial charge in [-0.15, -0.1) is 0 Å². The molecule has 1 aliphatic rings. The first-order valence-electron chi connectivity index (χ1n) is 6.34. The fraction of sp³-hybridized carbons (Fsp3) is 0.357. The number of aromatic nitrogens is 2. The number of halogens is 1. The Bertz CT molecular complexity index is 627. The van der Waals surface area contributed by atoms with Crippen molar-refractivity contribution in [3.63, 3.8) is 0 Å². The van der Waals surface area contributed by atoms with Gasteiger partial charge in [0.1, 0.15) is 0 Å². The number of rotatable bonds is 1. The van der Waals surface area contributed by atoms with E-state index in [1.807, 2.05) is 24.3 Å². The lowest BCUT2D eigenvalue weighted by molar-refractivity contribution is 0.689. The maximum absolute atomic E-state index is 12.4. The first-order chi connectivity index (χ1) is 8.75. The van der Waals surface area contributed by atoms with E-state index < -0.39 is 0 Å². The van der Waals surface area contributed by atoms with E-state index in [2.05, 4.69) is 21.0 Å². The standard InChI is InChI=1S/C14H15BrN2O/c15-10-5-4-6-11(9-10)17-14(18)12-7-2-1-3-8-13(12)16-17/h4-6,9,16H,1-3,7-8H2. The van der Waals surface area contributed by atoms with Crippen LogP contribution in [0.25, 0.3) is 5.69 Å². The van der Waals surface area contributed by atoms with Gasteiger partial charge in [0, 0.05) is 15.7 Å². The van der Waals surface area contributed by atoms with E-state index in [9.17, 15) is 4.79 Å². The zero-order chi connectivity index (χ0) is 12.5. The Morgan fingerprint density at radius 2 is 2.00 bits per heavy atom. The van der Waals surface area contributed by atoms with Gasteiger partial charge < -0.3 is 0 Å². The van der Waals surface area contributed by atoms with E-state index in [0.717, 1.165) is 40.7 Å². The van der Waals surface area contributed by atoms with Crippen LogP contribution in [0.1, 0.15) is 30.5 Å². The van der Waals surface area contributed by atoms with Crippen molar-refractivity contribution in [1.82, 2.24) is 9.78 Å². The molecule has 3 nitrogen and oxygen atoms in total. The second-order valence-electron chi connectivity index (χ2n) is 4.75. The second-order valence-corrected chi connectivity index (χ2v) is 5.67. The van der Waals surface area contributed by atoms with Gasteiger partial charge in [0.05, 0.1) is 5.69 Å². The van der Waals surface area contributed by atoms with Crippen molar-refractivity contribution in [1.29, 1.82) is 0 Å². The molecule has 2 aromatic rings. The molecule has 0 bridgehead atoms. The molecular weight excluding hydrogens is 292 g/mol. The Labute approximate surface area is 114 Å². The molecule has 0 fully saturated rings. The number of benzene rings is 1. The second kappa shape index (κ2) is 4.76. The summed E-state index contributed by atoms with van der Waals surface area (Å²) >= 11 is 3.44. The molecule has 0 aliphatic heterocycles. The molecular formula is C14H15BrN2O. The molecule has 18 heavy (non-hydrogen) atoms. The molecule has 1 aromatic carbocycles. The van der Waals surface area contributed by atoms with Crippen molar-refractivity contribution in [2.45, 2.75) is 32.1 Å². The SMILES string of the molecule is O=c1c2c([nH]n1-c1cccc(Br)c1)CCCCC2. The summed E-state index contributed by atoms with van der Waals surface area (Å²) < 4.78 is 2.65. The maximum Gasteiger partial charge on any atom is 0.274 e. The smallest absolute Gasteiger partial charge is 0.274 e. The zero-order valence-electron chi connectivity index (χ0n) is 10.1. The number of aryl methyl sites for hydroxylation is 1. The largest absolute Gasteiger partial charge is 0.295 e. The predicted octanol–water partition coefficient (Wildman–Crippen LogP) is 3.20. The number of nitrogens with one attached hydrogen (secondary N) is 1. The average molecular weight is 307 g/mol. The minimum atomic E-state index is 0.116. The van der Waals surface area contributed by atoms with Crippen LogP contribution < -0.4 is 5.56 Å². The third-order valence-corrected chi connectivity index (χ3v) is 3.99. The molecule has 0 amide bonds. The van der Waals surface area contributed by atoms with Gasteiger partial charge in [-0.1, -0.05) is 28.4 Å². The van der Waals surface area contributed by atoms with Crippen molar-refractivity contribution in [3.8, 4) is 5.69 Å². The summed E-state index contributed by atoms with van der Waals surface area (Å²) in [6, 6.07) is 7.81. The number of nitrogens with zero attached hydrogens (tertiary/aromatic N) is 1. The minimum absolute atomic E-state index is 0.116. The van der Waals surface area contributed by atoms with Crippen molar-refractivity contribution < 1.29 is 0 Å². The lowest BCUT2D eigenvalue weighted by atomic mass is 10.1. The third kappa shape index (κ3) is 2.05. The molecule has 94 valence electrons. The molecule has 0 saturated carbocycles. The number of fused-ring (bicyclic) bond motifs is 1. The van der Waals surface area contributed by atoms with E-state index in [4.69, 9.17) is 0 Å². The topological polar surface area (TPSA) is 37.8 Å². The quantitative estimate of drug-likeness (QED) is 0.807. The lowest BCUT2D eigenvalue weighted by Gasteiger charge is -2.02. The van der Waals surface area contributed by atoms with E-state index in [0.29, 0.717) is 0 Å². The number of H-pyrrole nitrogens is 1. The molecule has 3 rings (SSSR count). The highest BCUT2D eigenvalue weighted by Gasteiger charge is 2.16. The lowest BCUT2D eigenvalue weighted by Crippen LogP contribution is -2.17. The third-order valence-electron chi connectivity index (χ3n) is 3.49. The molecule has 0 unspecified atom stereocenters. The van der Waals surface area contributed by atoms with E-state index in [-0.39, 0.29) is 5.56 Å². The Balaban J connectivity index is 2.11. The summed E-state index contributed by atoms with van der Waals surface area (Å²) in [7, 11) is 0. The zero-order valence-corrected chi connectivity index (χ0v) is 11.7. The Hall–Kier alpha value is -1.29. The maximum atomic E-state index is 12.4. The fourth-order valence-electron chi connectivity index (χ4n) is 2.56. The van der Waals surface area contributed by atoms with Crippen LogP contribution in [-0.2, 0) is 12.8 Å². The van der Waals surface area contributed by atoms with Gasteiger partial charge in [-0.3, -0.25) is 9.89 Å². The van der Waals surface area contributed by atoms with Crippen LogP contribution in [0, 0.1) is 0 Å². The molecule has 1 N–H and O–H groups in total. The van der Waals surface area contributed by atoms with Gasteiger partial charge >= 0.3 is 0 Å². The van der Waals surface area contributed by atoms with Crippen LogP contribution in [0.5, 0.6) is 0 Å². The molecule has 1 aromatic heterocycles. The Morgan fingerprint density at radius 3 is 2.83 bits per heavy atom. The predicted molar refractivity (Wildman–Crippen MR) is 75.3 cm³/mol. The van der Waals surface area contributed by atoms with Crippen LogP contribution in [0.2, 0.25) is 0 Å². The van der Waals surface area contributed by atoms with Gasteiger partial charge in [0.15, 0.2) is 0 Å². The molecule has 1 aliphatic carbocycles. The van der Waals surface area contributed by atoms with Gasteiger partial charge in [0.25, 0.3) is 5.56 Å². The van der Waals surface area contributed by atoms with Crippen LogP contribution in [0.15, 0.2) is 33.5 Å². The van der Waals surface area contributed by atoms with Crippen molar-refractivity contribution in [3.05, 3.63) is 50.3 Å². The van der Waals surface area contributed by atoms with Crippen molar-refractivity contribution in [2.75, 3.05) is 0 Å². The summed E-state index contributed by atoms with van der Waals surface area (Å²) in [6.45, 7) is 0. The molecule has 0 spiro atoms. The van der Waals surface area contributed by atoms with E-state index >= 15 is 0 Å². The first-order valence-corrected chi connectivity index (χ1v) is 7.14. The van der Waals surface area contributed by atoms with Crippen LogP contribution in [0.3, 0.4) is 0 Å². The van der Waals surface area contributed by atoms with Gasteiger partial charge in [-0.25, -0.2) is 4.68 Å². The Morgan fingerprint density at radius 1 is 1.17 bits per heavy atom. The fourth-order valence-corrected chi connectivity index (χ4v) is 2.95. The summed E-state index contributed by atoms with van der Waals surface area (Å²) in [6.07, 6.45) is 5.42. The molecule has 0 radical (unpaired) electrons. The van der Waals surface area contributed by atoms with E-state index in [1.54, 1.807) is 4.68 Å². The molecule has 0 saturated heterocycles. The first kappa shape index (κ1) is 11.8. The van der Waals surface area contributed by atoms with Gasteiger partial charge in [0.2, 0.25) is 0 Å². The highest BCUT2D eigenvalue weighted by atomic mass is 79.9. The Kier molecular flexibility index (Phi) is 3.12. The summed E-state index contributed by atoms with van der Waals surface area (Å²) in [5.74, 6) is 0. The normalized spacial score (nSPS) is 15.2. The number of hydrogen-bond acceptors (Lipinski definition) is 1. The van der Waals surface area contributed by atoms with Crippen LogP contribution in [-0.4, -0.2) is 9.78 Å².